The van der Waals surface area contributed by atoms with Gasteiger partial charge in [0.05, 0.1) is 12.5 Å². The molecule has 3 amide bonds. The molecule has 8 nitrogen and oxygen atoms in total. The number of hydrogen-bond donors (Lipinski definition) is 4. The van der Waals surface area contributed by atoms with Crippen LogP contribution in [0, 0.1) is 0 Å². The maximum atomic E-state index is 12.1. The van der Waals surface area contributed by atoms with Crippen LogP contribution in [0.5, 0.6) is 0 Å². The lowest BCUT2D eigenvalue weighted by Crippen LogP contribution is -2.47. The van der Waals surface area contributed by atoms with Gasteiger partial charge in [0.25, 0.3) is 0 Å². The molecule has 9 heteroatoms. The Morgan fingerprint density at radius 1 is 1.07 bits per heavy atom. The van der Waals surface area contributed by atoms with Gasteiger partial charge < -0.3 is 26.2 Å². The van der Waals surface area contributed by atoms with Crippen molar-refractivity contribution in [3.63, 3.8) is 0 Å². The first kappa shape index (κ1) is 23.2. The molecule has 0 bridgehead atoms. The minimum Gasteiger partial charge on any atom is -0.445 e. The molecule has 0 saturated carbocycles. The smallest absolute Gasteiger partial charge is 0.407 e. The number of nitrogens with two attached hydrogens (primary N) is 1. The van der Waals surface area contributed by atoms with E-state index in [4.69, 9.17) is 22.1 Å². The fourth-order valence-electron chi connectivity index (χ4n) is 2.64. The molecular formula is C21H24ClN3O5. The summed E-state index contributed by atoms with van der Waals surface area (Å²) in [6.45, 7) is -0.0936. The SMILES string of the molecule is NC(=O)[C@@H](Cc1cccc(Cl)c1)NC(=O)C[C@@H](O)CNC(=O)OCc1ccccc1. The van der Waals surface area contributed by atoms with Gasteiger partial charge in [0, 0.05) is 18.0 Å². The van der Waals surface area contributed by atoms with Crippen LogP contribution in [0.25, 0.3) is 0 Å². The largest absolute Gasteiger partial charge is 0.445 e. The third kappa shape index (κ3) is 8.50. The Hall–Kier alpha value is -3.10. The molecule has 160 valence electrons. The lowest BCUT2D eigenvalue weighted by atomic mass is 10.1. The van der Waals surface area contributed by atoms with Crippen molar-refractivity contribution < 1.29 is 24.2 Å². The van der Waals surface area contributed by atoms with Gasteiger partial charge in [0.15, 0.2) is 0 Å². The molecule has 0 fully saturated rings. The Kier molecular flexibility index (Phi) is 9.11. The summed E-state index contributed by atoms with van der Waals surface area (Å²) in [5.41, 5.74) is 6.91. The summed E-state index contributed by atoms with van der Waals surface area (Å²) in [4.78, 5) is 35.5. The third-order valence-electron chi connectivity index (χ3n) is 4.12. The number of carbonyl (C=O) groups is 3. The molecule has 0 radical (unpaired) electrons. The monoisotopic (exact) mass is 433 g/mol. The van der Waals surface area contributed by atoms with E-state index in [9.17, 15) is 19.5 Å². The summed E-state index contributed by atoms with van der Waals surface area (Å²) in [5.74, 6) is -1.28. The van der Waals surface area contributed by atoms with E-state index in [0.717, 1.165) is 11.1 Å². The van der Waals surface area contributed by atoms with Crippen molar-refractivity contribution in [1.82, 2.24) is 10.6 Å². The molecule has 0 aliphatic rings. The molecule has 0 aliphatic carbocycles. The first-order valence-electron chi connectivity index (χ1n) is 9.29. The van der Waals surface area contributed by atoms with Crippen LogP contribution >= 0.6 is 11.6 Å². The van der Waals surface area contributed by atoms with E-state index in [-0.39, 0.29) is 26.0 Å². The molecule has 30 heavy (non-hydrogen) atoms. The molecule has 5 N–H and O–H groups in total. The molecule has 0 heterocycles. The van der Waals surface area contributed by atoms with Gasteiger partial charge in [-0.2, -0.15) is 0 Å². The van der Waals surface area contributed by atoms with Crippen LogP contribution in [0.1, 0.15) is 17.5 Å². The van der Waals surface area contributed by atoms with E-state index in [1.54, 1.807) is 24.3 Å². The van der Waals surface area contributed by atoms with Gasteiger partial charge in [-0.05, 0) is 23.3 Å². The Morgan fingerprint density at radius 2 is 1.77 bits per heavy atom. The third-order valence-corrected chi connectivity index (χ3v) is 4.36. The lowest BCUT2D eigenvalue weighted by Gasteiger charge is -2.17. The molecule has 2 aromatic carbocycles. The number of primary amides is 1. The van der Waals surface area contributed by atoms with Crippen molar-refractivity contribution >= 4 is 29.5 Å². The number of halogens is 1. The zero-order valence-electron chi connectivity index (χ0n) is 16.2. The Bertz CT molecular complexity index is 863. The van der Waals surface area contributed by atoms with Crippen LogP contribution in [0.2, 0.25) is 5.02 Å². The van der Waals surface area contributed by atoms with Gasteiger partial charge in [0.1, 0.15) is 12.6 Å². The van der Waals surface area contributed by atoms with E-state index >= 15 is 0 Å². The summed E-state index contributed by atoms with van der Waals surface area (Å²) in [6.07, 6.45) is -2.02. The quantitative estimate of drug-likeness (QED) is 0.451. The van der Waals surface area contributed by atoms with Gasteiger partial charge in [-0.3, -0.25) is 9.59 Å². The van der Waals surface area contributed by atoms with Crippen molar-refractivity contribution in [1.29, 1.82) is 0 Å². The number of aliphatic hydroxyl groups excluding tert-OH is 1. The zero-order chi connectivity index (χ0) is 21.9. The highest BCUT2D eigenvalue weighted by molar-refractivity contribution is 6.30. The Labute approximate surface area is 179 Å². The minimum atomic E-state index is -1.16. The fourth-order valence-corrected chi connectivity index (χ4v) is 2.85. The summed E-state index contributed by atoms with van der Waals surface area (Å²) in [6, 6.07) is 15.0. The molecule has 0 aromatic heterocycles. The average molecular weight is 434 g/mol. The van der Waals surface area contributed by atoms with E-state index in [1.807, 2.05) is 30.3 Å². The second-order valence-electron chi connectivity index (χ2n) is 6.66. The highest BCUT2D eigenvalue weighted by atomic mass is 35.5. The highest BCUT2D eigenvalue weighted by Crippen LogP contribution is 2.12. The predicted molar refractivity (Wildman–Crippen MR) is 112 cm³/mol. The maximum Gasteiger partial charge on any atom is 0.407 e. The summed E-state index contributed by atoms with van der Waals surface area (Å²) in [7, 11) is 0. The van der Waals surface area contributed by atoms with Crippen LogP contribution in [0.3, 0.4) is 0 Å². The standard InChI is InChI=1S/C21H24ClN3O5/c22-16-8-4-7-15(9-16)10-18(20(23)28)25-19(27)11-17(26)12-24-21(29)30-13-14-5-2-1-3-6-14/h1-9,17-18,26H,10-13H2,(H2,23,28)(H,24,29)(H,25,27)/t17-,18-/m1/s1. The first-order chi connectivity index (χ1) is 14.3. The number of hydrogen-bond acceptors (Lipinski definition) is 5. The molecule has 0 spiro atoms. The number of alkyl carbamates (subject to hydrolysis) is 1. The molecule has 0 unspecified atom stereocenters. The average Bonchev–Trinajstić information content (AvgIpc) is 2.71. The van der Waals surface area contributed by atoms with Crippen LogP contribution < -0.4 is 16.4 Å². The van der Waals surface area contributed by atoms with Crippen molar-refractivity contribution in [3.8, 4) is 0 Å². The number of benzene rings is 2. The van der Waals surface area contributed by atoms with Crippen molar-refractivity contribution in [2.45, 2.75) is 31.6 Å². The first-order valence-corrected chi connectivity index (χ1v) is 9.67. The molecule has 2 aromatic rings. The van der Waals surface area contributed by atoms with Gasteiger partial charge in [-0.15, -0.1) is 0 Å². The summed E-state index contributed by atoms with van der Waals surface area (Å²) < 4.78 is 5.02. The second-order valence-corrected chi connectivity index (χ2v) is 7.09. The predicted octanol–water partition coefficient (Wildman–Crippen LogP) is 1.53. The topological polar surface area (TPSA) is 131 Å². The lowest BCUT2D eigenvalue weighted by molar-refractivity contribution is -0.128. The van der Waals surface area contributed by atoms with Gasteiger partial charge in [-0.25, -0.2) is 4.79 Å². The number of carbonyl (C=O) groups excluding carboxylic acids is 3. The molecular weight excluding hydrogens is 410 g/mol. The van der Waals surface area contributed by atoms with Crippen molar-refractivity contribution in [2.24, 2.45) is 5.73 Å². The maximum absolute atomic E-state index is 12.1. The van der Waals surface area contributed by atoms with E-state index in [1.165, 1.54) is 0 Å². The second kappa shape index (κ2) is 11.8. The van der Waals surface area contributed by atoms with Gasteiger partial charge >= 0.3 is 6.09 Å². The zero-order valence-corrected chi connectivity index (χ0v) is 17.0. The Morgan fingerprint density at radius 3 is 2.43 bits per heavy atom. The van der Waals surface area contributed by atoms with Gasteiger partial charge in [-0.1, -0.05) is 54.1 Å². The van der Waals surface area contributed by atoms with Crippen molar-refractivity contribution in [3.05, 3.63) is 70.7 Å². The summed E-state index contributed by atoms with van der Waals surface area (Å²) in [5, 5.41) is 15.3. The van der Waals surface area contributed by atoms with Crippen LogP contribution in [0.15, 0.2) is 54.6 Å². The van der Waals surface area contributed by atoms with E-state index in [2.05, 4.69) is 10.6 Å². The van der Waals surface area contributed by atoms with Crippen LogP contribution in [-0.2, 0) is 27.4 Å². The molecule has 0 saturated heterocycles. The fraction of sp³-hybridized carbons (Fsp3) is 0.286. The number of aliphatic hydroxyl groups is 1. The van der Waals surface area contributed by atoms with E-state index in [0.29, 0.717) is 5.02 Å². The normalized spacial score (nSPS) is 12.5. The van der Waals surface area contributed by atoms with Crippen LogP contribution in [0.4, 0.5) is 4.79 Å². The number of ether oxygens (including phenoxy) is 1. The van der Waals surface area contributed by atoms with E-state index < -0.39 is 30.1 Å². The van der Waals surface area contributed by atoms with Crippen LogP contribution in [-0.4, -0.2) is 41.7 Å². The summed E-state index contributed by atoms with van der Waals surface area (Å²) >= 11 is 5.92. The molecule has 2 rings (SSSR count). The Balaban J connectivity index is 1.73. The number of nitrogens with one attached hydrogen (secondary N) is 2. The molecule has 0 aliphatic heterocycles. The number of amides is 3. The number of rotatable bonds is 10. The minimum absolute atomic E-state index is 0.0903. The molecule has 2 atom stereocenters. The van der Waals surface area contributed by atoms with Crippen molar-refractivity contribution in [2.75, 3.05) is 6.54 Å². The highest BCUT2D eigenvalue weighted by Gasteiger charge is 2.21. The van der Waals surface area contributed by atoms with Gasteiger partial charge in [0.2, 0.25) is 11.8 Å².